The summed E-state index contributed by atoms with van der Waals surface area (Å²) in [4.78, 5) is 1.55. The van der Waals surface area contributed by atoms with Crippen molar-refractivity contribution < 1.29 is 13.2 Å². The van der Waals surface area contributed by atoms with E-state index in [1.807, 2.05) is 6.92 Å². The summed E-state index contributed by atoms with van der Waals surface area (Å²) in [7, 11) is 0. The summed E-state index contributed by atoms with van der Waals surface area (Å²) in [6.07, 6.45) is -0.614. The molecular formula is C11H19F3N2. The van der Waals surface area contributed by atoms with Gasteiger partial charge >= 0.3 is 6.18 Å². The van der Waals surface area contributed by atoms with Crippen molar-refractivity contribution in [1.29, 1.82) is 0 Å². The van der Waals surface area contributed by atoms with E-state index < -0.39 is 12.7 Å². The molecule has 0 aromatic heterocycles. The molecule has 1 fully saturated rings. The minimum Gasteiger partial charge on any atom is -0.312 e. The van der Waals surface area contributed by atoms with E-state index in [9.17, 15) is 13.2 Å². The van der Waals surface area contributed by atoms with Crippen LogP contribution in [0.5, 0.6) is 0 Å². The van der Waals surface area contributed by atoms with Gasteiger partial charge < -0.3 is 5.32 Å². The van der Waals surface area contributed by atoms with E-state index in [2.05, 4.69) is 11.9 Å². The molecule has 1 atom stereocenters. The smallest absolute Gasteiger partial charge is 0.312 e. The highest BCUT2D eigenvalue weighted by atomic mass is 19.4. The van der Waals surface area contributed by atoms with Gasteiger partial charge in [0, 0.05) is 25.2 Å². The topological polar surface area (TPSA) is 15.3 Å². The Balaban J connectivity index is 2.39. The van der Waals surface area contributed by atoms with E-state index in [1.54, 1.807) is 11.0 Å². The summed E-state index contributed by atoms with van der Waals surface area (Å²) >= 11 is 0. The molecule has 0 spiro atoms. The summed E-state index contributed by atoms with van der Waals surface area (Å²) in [6.45, 7) is 5.79. The first kappa shape index (κ1) is 13.5. The molecule has 0 heterocycles. The number of hydrogen-bond acceptors (Lipinski definition) is 2. The van der Waals surface area contributed by atoms with Gasteiger partial charge in [-0.3, -0.25) is 4.90 Å². The second-order valence-corrected chi connectivity index (χ2v) is 4.31. The first-order valence-electron chi connectivity index (χ1n) is 5.58. The van der Waals surface area contributed by atoms with Crippen LogP contribution in [0, 0.1) is 0 Å². The molecule has 2 nitrogen and oxygen atoms in total. The lowest BCUT2D eigenvalue weighted by molar-refractivity contribution is -0.151. The van der Waals surface area contributed by atoms with Crippen molar-refractivity contribution in [1.82, 2.24) is 10.2 Å². The lowest BCUT2D eigenvalue weighted by Crippen LogP contribution is -2.46. The summed E-state index contributed by atoms with van der Waals surface area (Å²) in [5.74, 6) is 0. The Kier molecular flexibility index (Phi) is 4.80. The van der Waals surface area contributed by atoms with Crippen molar-refractivity contribution in [3.8, 4) is 0 Å². The molecule has 0 radical (unpaired) electrons. The maximum atomic E-state index is 12.4. The van der Waals surface area contributed by atoms with Gasteiger partial charge in [0.2, 0.25) is 0 Å². The van der Waals surface area contributed by atoms with Crippen LogP contribution < -0.4 is 5.32 Å². The van der Waals surface area contributed by atoms with Crippen LogP contribution in [0.3, 0.4) is 0 Å². The third-order valence-electron chi connectivity index (χ3n) is 2.67. The van der Waals surface area contributed by atoms with E-state index in [0.29, 0.717) is 13.1 Å². The van der Waals surface area contributed by atoms with E-state index in [-0.39, 0.29) is 12.1 Å². The SMILES string of the molecule is C=CCNCC(C)N(CC(F)(F)F)C1CC1. The van der Waals surface area contributed by atoms with Crippen LogP contribution in [0.4, 0.5) is 13.2 Å². The Morgan fingerprint density at radius 2 is 2.12 bits per heavy atom. The minimum absolute atomic E-state index is 0.0888. The zero-order valence-corrected chi connectivity index (χ0v) is 9.56. The molecule has 1 saturated carbocycles. The Bertz CT molecular complexity index is 224. The van der Waals surface area contributed by atoms with Gasteiger partial charge in [-0.15, -0.1) is 6.58 Å². The normalized spacial score (nSPS) is 18.8. The molecule has 0 saturated heterocycles. The quantitative estimate of drug-likeness (QED) is 0.538. The fraction of sp³-hybridized carbons (Fsp3) is 0.818. The average molecular weight is 236 g/mol. The largest absolute Gasteiger partial charge is 0.401 e. The summed E-state index contributed by atoms with van der Waals surface area (Å²) in [6, 6.07) is 0.0382. The maximum absolute atomic E-state index is 12.4. The van der Waals surface area contributed by atoms with Gasteiger partial charge in [0.25, 0.3) is 0 Å². The molecule has 0 aromatic carbocycles. The van der Waals surface area contributed by atoms with Gasteiger partial charge in [0.1, 0.15) is 0 Å². The monoisotopic (exact) mass is 236 g/mol. The van der Waals surface area contributed by atoms with Gasteiger partial charge in [0.05, 0.1) is 6.54 Å². The molecule has 0 aliphatic heterocycles. The van der Waals surface area contributed by atoms with Crippen LogP contribution in [0.25, 0.3) is 0 Å². The number of hydrogen-bond donors (Lipinski definition) is 1. The third-order valence-corrected chi connectivity index (χ3v) is 2.67. The second kappa shape index (κ2) is 5.68. The first-order valence-corrected chi connectivity index (χ1v) is 5.58. The predicted octanol–water partition coefficient (Wildman–Crippen LogP) is 2.18. The van der Waals surface area contributed by atoms with Crippen molar-refractivity contribution in [3.05, 3.63) is 12.7 Å². The zero-order valence-electron chi connectivity index (χ0n) is 9.56. The number of rotatable bonds is 7. The number of halogens is 3. The fourth-order valence-electron chi connectivity index (χ4n) is 1.77. The van der Waals surface area contributed by atoms with Crippen molar-refractivity contribution >= 4 is 0 Å². The van der Waals surface area contributed by atoms with Crippen LogP contribution >= 0.6 is 0 Å². The van der Waals surface area contributed by atoms with Crippen LogP contribution in [0.2, 0.25) is 0 Å². The molecule has 1 unspecified atom stereocenters. The standard InChI is InChI=1S/C11H19F3N2/c1-3-6-15-7-9(2)16(10-4-5-10)8-11(12,13)14/h3,9-10,15H,1,4-8H2,2H3. The van der Waals surface area contributed by atoms with E-state index in [4.69, 9.17) is 0 Å². The summed E-state index contributed by atoms with van der Waals surface area (Å²) in [5, 5.41) is 3.06. The molecule has 1 N–H and O–H groups in total. The van der Waals surface area contributed by atoms with Gasteiger partial charge in [-0.1, -0.05) is 6.08 Å². The molecule has 94 valence electrons. The van der Waals surface area contributed by atoms with Crippen molar-refractivity contribution in [2.75, 3.05) is 19.6 Å². The molecule has 16 heavy (non-hydrogen) atoms. The molecule has 0 aromatic rings. The molecular weight excluding hydrogens is 217 g/mol. The van der Waals surface area contributed by atoms with Gasteiger partial charge in [-0.05, 0) is 19.8 Å². The second-order valence-electron chi connectivity index (χ2n) is 4.31. The number of nitrogens with one attached hydrogen (secondary N) is 1. The van der Waals surface area contributed by atoms with Gasteiger partial charge in [-0.25, -0.2) is 0 Å². The predicted molar refractivity (Wildman–Crippen MR) is 58.3 cm³/mol. The van der Waals surface area contributed by atoms with Crippen LogP contribution in [0.1, 0.15) is 19.8 Å². The average Bonchev–Trinajstić information content (AvgIpc) is 2.96. The molecule has 1 aliphatic rings. The minimum atomic E-state index is -4.10. The van der Waals surface area contributed by atoms with Crippen molar-refractivity contribution in [2.45, 2.75) is 38.0 Å². The highest BCUT2D eigenvalue weighted by Crippen LogP contribution is 2.31. The maximum Gasteiger partial charge on any atom is 0.401 e. The van der Waals surface area contributed by atoms with Gasteiger partial charge in [-0.2, -0.15) is 13.2 Å². The summed E-state index contributed by atoms with van der Waals surface area (Å²) in [5.41, 5.74) is 0. The Morgan fingerprint density at radius 3 is 2.56 bits per heavy atom. The Morgan fingerprint density at radius 1 is 1.50 bits per heavy atom. The highest BCUT2D eigenvalue weighted by Gasteiger charge is 2.39. The Hall–Kier alpha value is -0.550. The van der Waals surface area contributed by atoms with Crippen LogP contribution in [-0.2, 0) is 0 Å². The van der Waals surface area contributed by atoms with E-state index >= 15 is 0 Å². The fourth-order valence-corrected chi connectivity index (χ4v) is 1.77. The van der Waals surface area contributed by atoms with E-state index in [0.717, 1.165) is 12.8 Å². The molecule has 0 amide bonds. The van der Waals surface area contributed by atoms with Gasteiger partial charge in [0.15, 0.2) is 0 Å². The molecule has 0 bridgehead atoms. The number of alkyl halides is 3. The van der Waals surface area contributed by atoms with E-state index in [1.165, 1.54) is 0 Å². The lowest BCUT2D eigenvalue weighted by Gasteiger charge is -2.30. The zero-order chi connectivity index (χ0) is 12.2. The van der Waals surface area contributed by atoms with Crippen LogP contribution in [-0.4, -0.2) is 42.8 Å². The van der Waals surface area contributed by atoms with Crippen molar-refractivity contribution in [2.24, 2.45) is 0 Å². The van der Waals surface area contributed by atoms with Crippen molar-refractivity contribution in [3.63, 3.8) is 0 Å². The highest BCUT2D eigenvalue weighted by molar-refractivity contribution is 4.89. The number of nitrogens with zero attached hydrogens (tertiary/aromatic N) is 1. The molecule has 1 rings (SSSR count). The molecule has 1 aliphatic carbocycles. The Labute approximate surface area is 94.5 Å². The van der Waals surface area contributed by atoms with Crippen LogP contribution in [0.15, 0.2) is 12.7 Å². The lowest BCUT2D eigenvalue weighted by atomic mass is 10.2. The summed E-state index contributed by atoms with van der Waals surface area (Å²) < 4.78 is 37.1. The third kappa shape index (κ3) is 4.99. The molecule has 5 heteroatoms. The first-order chi connectivity index (χ1) is 7.44.